The van der Waals surface area contributed by atoms with Crippen LogP contribution in [-0.4, -0.2) is 71.1 Å². The lowest BCUT2D eigenvalue weighted by molar-refractivity contribution is -0.478. The van der Waals surface area contributed by atoms with Crippen LogP contribution in [0.2, 0.25) is 0 Å². The Morgan fingerprint density at radius 2 is 0.540 bits per heavy atom. The summed E-state index contributed by atoms with van der Waals surface area (Å²) in [5.41, 5.74) is 0. The average molecular weight is 796 g/mol. The number of rotatable bonds is 23. The van der Waals surface area contributed by atoms with Crippen molar-refractivity contribution in [3.8, 4) is 0 Å². The van der Waals surface area contributed by atoms with E-state index in [4.69, 9.17) is 0 Å². The Kier molecular flexibility index (Phi) is 14.3. The zero-order chi connectivity index (χ0) is 40.5. The number of hydrogen-bond donors (Lipinski definition) is 0. The largest absolute Gasteiger partial charge is 0.385 e. The van der Waals surface area contributed by atoms with Gasteiger partial charge in [0.1, 0.15) is 0 Å². The van der Waals surface area contributed by atoms with Crippen molar-refractivity contribution in [2.45, 2.75) is 149 Å². The van der Waals surface area contributed by atoms with Crippen LogP contribution in [0.15, 0.2) is 12.7 Å². The van der Waals surface area contributed by atoms with E-state index in [0.29, 0.717) is 19.3 Å². The molecule has 0 spiro atoms. The molecule has 0 aromatic carbocycles. The molecule has 24 heteroatoms. The molecule has 0 aliphatic carbocycles. The molecule has 300 valence electrons. The maximum atomic E-state index is 14.1. The van der Waals surface area contributed by atoms with Gasteiger partial charge in [0, 0.05) is 12.8 Å². The van der Waals surface area contributed by atoms with Crippen molar-refractivity contribution in [2.24, 2.45) is 0 Å². The summed E-state index contributed by atoms with van der Waals surface area (Å²) in [6.45, 7) is 4.36. The van der Waals surface area contributed by atoms with Crippen molar-refractivity contribution in [3.05, 3.63) is 12.7 Å². The van der Waals surface area contributed by atoms with Gasteiger partial charge in [0.2, 0.25) is 0 Å². The lowest BCUT2D eigenvalue weighted by atomic mass is 9.83. The molecule has 50 heavy (non-hydrogen) atoms. The Balaban J connectivity index is 6.81. The van der Waals surface area contributed by atoms with E-state index in [1.165, 1.54) is 0 Å². The molecule has 0 bridgehead atoms. The molecule has 0 aromatic heterocycles. The van der Waals surface area contributed by atoms with E-state index >= 15 is 0 Å². The van der Waals surface area contributed by atoms with Gasteiger partial charge in [-0.25, -0.2) is 0 Å². The maximum absolute atomic E-state index is 14.1. The van der Waals surface area contributed by atoms with Gasteiger partial charge in [-0.05, 0) is 12.8 Å². The van der Waals surface area contributed by atoms with Crippen LogP contribution < -0.4 is 0 Å². The molecular formula is C26H28F24. The summed E-state index contributed by atoms with van der Waals surface area (Å²) >= 11 is 0. The minimum Gasteiger partial charge on any atom is -0.200 e. The molecule has 0 amide bonds. The van der Waals surface area contributed by atoms with Crippen molar-refractivity contribution in [1.29, 1.82) is 0 Å². The Morgan fingerprint density at radius 3 is 0.800 bits per heavy atom. The summed E-state index contributed by atoms with van der Waals surface area (Å²) in [7, 11) is 0. The predicted molar refractivity (Wildman–Crippen MR) is 126 cm³/mol. The van der Waals surface area contributed by atoms with Gasteiger partial charge in [0.15, 0.2) is 0 Å². The normalized spacial score (nSPS) is 15.9. The molecule has 0 radical (unpaired) electrons. The summed E-state index contributed by atoms with van der Waals surface area (Å²) in [5.74, 6) is -103. The smallest absolute Gasteiger partial charge is 0.200 e. The number of allylic oxidation sites excluding steroid dienone is 1. The number of alkyl halides is 24. The molecule has 0 aliphatic heterocycles. The van der Waals surface area contributed by atoms with Crippen LogP contribution in [0.1, 0.15) is 77.6 Å². The SMILES string of the molecule is C=CCCC(F)(F)C(F)(F)C(F)(F)C(F)(F)C(F)(F)C(F)(F)C(F)(F)C(F)(F)C(F)(F)C(F)(F)C(F)(F)C(F)(F)CCCCCCCCCC. The summed E-state index contributed by atoms with van der Waals surface area (Å²) in [4.78, 5) is 0. The van der Waals surface area contributed by atoms with Gasteiger partial charge in [-0.3, -0.25) is 0 Å². The first-order valence-corrected chi connectivity index (χ1v) is 14.0. The van der Waals surface area contributed by atoms with Crippen LogP contribution in [0.5, 0.6) is 0 Å². The second-order valence-electron chi connectivity index (χ2n) is 11.2. The molecule has 0 unspecified atom stereocenters. The molecule has 0 N–H and O–H groups in total. The first-order chi connectivity index (χ1) is 21.9. The fourth-order valence-electron chi connectivity index (χ4n) is 4.11. The van der Waals surface area contributed by atoms with Crippen molar-refractivity contribution in [1.82, 2.24) is 0 Å². The van der Waals surface area contributed by atoms with Gasteiger partial charge in [-0.15, -0.1) is 6.58 Å². The van der Waals surface area contributed by atoms with Gasteiger partial charge in [-0.1, -0.05) is 57.9 Å². The van der Waals surface area contributed by atoms with Gasteiger partial charge in [0.25, 0.3) is 0 Å². The molecule has 0 aliphatic rings. The first kappa shape index (κ1) is 48.1. The lowest BCUT2D eigenvalue weighted by Gasteiger charge is -2.46. The van der Waals surface area contributed by atoms with Crippen LogP contribution in [0, 0.1) is 0 Å². The molecule has 0 aromatic rings. The van der Waals surface area contributed by atoms with Crippen molar-refractivity contribution in [2.75, 3.05) is 0 Å². The topological polar surface area (TPSA) is 0 Å². The molecule has 0 fully saturated rings. The van der Waals surface area contributed by atoms with E-state index < -0.39 is 103 Å². The third-order valence-electron chi connectivity index (χ3n) is 7.47. The third kappa shape index (κ3) is 7.32. The molecule has 0 saturated heterocycles. The zero-order valence-corrected chi connectivity index (χ0v) is 25.1. The minimum atomic E-state index is -9.46. The predicted octanol–water partition coefficient (Wildman–Crippen LogP) is 13.1. The van der Waals surface area contributed by atoms with E-state index in [0.717, 1.165) is 6.42 Å². The number of halogens is 24. The van der Waals surface area contributed by atoms with E-state index in [2.05, 4.69) is 6.58 Å². The Labute approximate surface area is 267 Å². The van der Waals surface area contributed by atoms with Crippen LogP contribution in [-0.2, 0) is 0 Å². The van der Waals surface area contributed by atoms with E-state index in [9.17, 15) is 105 Å². The fourth-order valence-corrected chi connectivity index (χ4v) is 4.11. The monoisotopic (exact) mass is 796 g/mol. The van der Waals surface area contributed by atoms with Crippen LogP contribution in [0.25, 0.3) is 0 Å². The highest BCUT2D eigenvalue weighted by Gasteiger charge is 2.99. The summed E-state index contributed by atoms with van der Waals surface area (Å²) in [6.07, 6.45) is -5.99. The Morgan fingerprint density at radius 1 is 0.320 bits per heavy atom. The van der Waals surface area contributed by atoms with E-state index in [1.54, 1.807) is 6.92 Å². The highest BCUT2D eigenvalue weighted by Crippen LogP contribution is 2.68. The van der Waals surface area contributed by atoms with Gasteiger partial charge >= 0.3 is 71.1 Å². The second-order valence-corrected chi connectivity index (χ2v) is 11.2. The van der Waals surface area contributed by atoms with Crippen LogP contribution in [0.3, 0.4) is 0 Å². The Bertz CT molecular complexity index is 1110. The number of hydrogen-bond acceptors (Lipinski definition) is 0. The third-order valence-corrected chi connectivity index (χ3v) is 7.47. The Hall–Kier alpha value is -1.94. The summed E-state index contributed by atoms with van der Waals surface area (Å²) in [6, 6.07) is 0. The highest BCUT2D eigenvalue weighted by molar-refractivity contribution is 5.20. The van der Waals surface area contributed by atoms with Gasteiger partial charge < -0.3 is 0 Å². The first-order valence-electron chi connectivity index (χ1n) is 14.0. The second kappa shape index (κ2) is 14.8. The van der Waals surface area contributed by atoms with Crippen molar-refractivity contribution >= 4 is 0 Å². The van der Waals surface area contributed by atoms with Crippen molar-refractivity contribution < 1.29 is 105 Å². The summed E-state index contributed by atoms with van der Waals surface area (Å²) in [5, 5.41) is 0. The molecule has 0 atom stereocenters. The van der Waals surface area contributed by atoms with Crippen LogP contribution in [0.4, 0.5) is 105 Å². The fraction of sp³-hybridized carbons (Fsp3) is 0.923. The molecule has 0 heterocycles. The molecule has 0 nitrogen and oxygen atoms in total. The number of unbranched alkanes of at least 4 members (excludes halogenated alkanes) is 7. The zero-order valence-electron chi connectivity index (χ0n) is 25.1. The molecular weight excluding hydrogens is 768 g/mol. The standard InChI is InChI=1S/C26H28F24/c1-3-5-7-8-9-10-11-12-14-16(29,30)18(33,34)20(37,38)22(41,42)24(45,46)26(49,50)25(47,48)23(43,44)21(39,40)19(35,36)17(31,32)15(27,28)13-6-4-2/h4H,2-3,5-14H2,1H3. The van der Waals surface area contributed by atoms with Gasteiger partial charge in [-0.2, -0.15) is 105 Å². The minimum absolute atomic E-state index is 0.0897. The molecule has 0 rings (SSSR count). The van der Waals surface area contributed by atoms with Crippen LogP contribution >= 0.6 is 0 Å². The van der Waals surface area contributed by atoms with E-state index in [1.807, 2.05) is 0 Å². The van der Waals surface area contributed by atoms with Crippen molar-refractivity contribution in [3.63, 3.8) is 0 Å². The quantitative estimate of drug-likeness (QED) is 0.0549. The molecule has 0 saturated carbocycles. The van der Waals surface area contributed by atoms with E-state index in [-0.39, 0.29) is 18.9 Å². The average Bonchev–Trinajstić information content (AvgIpc) is 2.96. The highest BCUT2D eigenvalue weighted by atomic mass is 19.4. The summed E-state index contributed by atoms with van der Waals surface area (Å²) < 4.78 is 335. The maximum Gasteiger partial charge on any atom is 0.385 e. The van der Waals surface area contributed by atoms with Gasteiger partial charge in [0.05, 0.1) is 0 Å². The lowest BCUT2D eigenvalue weighted by Crippen LogP contribution is -2.78.